The predicted molar refractivity (Wildman–Crippen MR) is 59.3 cm³/mol. The van der Waals surface area contributed by atoms with E-state index in [1.807, 2.05) is 12.1 Å². The smallest absolute Gasteiger partial charge is 0.123 e. The summed E-state index contributed by atoms with van der Waals surface area (Å²) < 4.78 is 12.7. The molecule has 0 atom stereocenters. The van der Waals surface area contributed by atoms with Crippen LogP contribution >= 0.6 is 22.9 Å². The molecule has 0 N–H and O–H groups in total. The summed E-state index contributed by atoms with van der Waals surface area (Å²) in [7, 11) is 0. The first kappa shape index (κ1) is 9.69. The van der Waals surface area contributed by atoms with Gasteiger partial charge in [-0.3, -0.25) is 0 Å². The van der Waals surface area contributed by atoms with Crippen molar-refractivity contribution in [1.29, 1.82) is 0 Å². The van der Waals surface area contributed by atoms with E-state index >= 15 is 0 Å². The first-order valence-electron chi connectivity index (χ1n) is 4.20. The maximum Gasteiger partial charge on any atom is 0.123 e. The first-order valence-corrected chi connectivity index (χ1v) is 5.55. The molecule has 1 aromatic heterocycles. The number of halogens is 2. The molecule has 1 heterocycles. The number of benzene rings is 1. The third-order valence-corrected chi connectivity index (χ3v) is 3.50. The van der Waals surface area contributed by atoms with Crippen molar-refractivity contribution in [3.8, 4) is 10.4 Å². The summed E-state index contributed by atoms with van der Waals surface area (Å²) >= 11 is 7.34. The third kappa shape index (κ3) is 1.97. The number of rotatable bonds is 2. The van der Waals surface area contributed by atoms with Crippen molar-refractivity contribution in [2.75, 3.05) is 0 Å². The van der Waals surface area contributed by atoms with Crippen LogP contribution in [0.1, 0.15) is 4.88 Å². The fourth-order valence-corrected chi connectivity index (χ4v) is 2.33. The summed E-state index contributed by atoms with van der Waals surface area (Å²) in [6, 6.07) is 10.5. The van der Waals surface area contributed by atoms with Crippen LogP contribution in [0.2, 0.25) is 0 Å². The van der Waals surface area contributed by atoms with E-state index in [0.717, 1.165) is 15.3 Å². The lowest BCUT2D eigenvalue weighted by Crippen LogP contribution is -1.73. The van der Waals surface area contributed by atoms with Crippen LogP contribution in [0.5, 0.6) is 0 Å². The van der Waals surface area contributed by atoms with Crippen molar-refractivity contribution in [1.82, 2.24) is 0 Å². The summed E-state index contributed by atoms with van der Waals surface area (Å²) in [4.78, 5) is 2.26. The summed E-state index contributed by atoms with van der Waals surface area (Å²) in [5.41, 5.74) is 1.03. The molecule has 0 amide bonds. The largest absolute Gasteiger partial charge is 0.207 e. The van der Waals surface area contributed by atoms with Gasteiger partial charge in [-0.2, -0.15) is 0 Å². The van der Waals surface area contributed by atoms with E-state index < -0.39 is 0 Å². The van der Waals surface area contributed by atoms with Crippen LogP contribution in [0.4, 0.5) is 4.39 Å². The van der Waals surface area contributed by atoms with Gasteiger partial charge in [0.2, 0.25) is 0 Å². The topological polar surface area (TPSA) is 0 Å². The van der Waals surface area contributed by atoms with Crippen LogP contribution in [0.25, 0.3) is 10.4 Å². The molecule has 0 radical (unpaired) electrons. The Morgan fingerprint density at radius 2 is 1.79 bits per heavy atom. The van der Waals surface area contributed by atoms with Crippen molar-refractivity contribution in [2.24, 2.45) is 0 Å². The number of hydrogen-bond donors (Lipinski definition) is 0. The SMILES string of the molecule is Fc1ccc(-c2ccc(CCl)s2)cc1. The molecule has 72 valence electrons. The van der Waals surface area contributed by atoms with E-state index in [-0.39, 0.29) is 5.82 Å². The minimum atomic E-state index is -0.206. The lowest BCUT2D eigenvalue weighted by molar-refractivity contribution is 0.628. The Morgan fingerprint density at radius 1 is 1.07 bits per heavy atom. The Hall–Kier alpha value is -0.860. The third-order valence-electron chi connectivity index (χ3n) is 1.92. The Bertz CT molecular complexity index is 419. The summed E-state index contributed by atoms with van der Waals surface area (Å²) in [6.45, 7) is 0. The van der Waals surface area contributed by atoms with Crippen LogP contribution < -0.4 is 0 Å². The lowest BCUT2D eigenvalue weighted by atomic mass is 10.2. The second-order valence-corrected chi connectivity index (χ2v) is 4.34. The zero-order valence-corrected chi connectivity index (χ0v) is 8.91. The van der Waals surface area contributed by atoms with Gasteiger partial charge in [0.25, 0.3) is 0 Å². The molecule has 0 aliphatic heterocycles. The summed E-state index contributed by atoms with van der Waals surface area (Å²) in [5.74, 6) is 0.328. The van der Waals surface area contributed by atoms with Gasteiger partial charge in [-0.15, -0.1) is 22.9 Å². The van der Waals surface area contributed by atoms with E-state index in [0.29, 0.717) is 5.88 Å². The molecule has 3 heteroatoms. The van der Waals surface area contributed by atoms with Gasteiger partial charge in [-0.05, 0) is 29.8 Å². The number of alkyl halides is 1. The predicted octanol–water partition coefficient (Wildman–Crippen LogP) is 4.29. The van der Waals surface area contributed by atoms with Crippen molar-refractivity contribution in [2.45, 2.75) is 5.88 Å². The lowest BCUT2D eigenvalue weighted by Gasteiger charge is -1.95. The fourth-order valence-electron chi connectivity index (χ4n) is 1.22. The maximum atomic E-state index is 12.7. The fraction of sp³-hybridized carbons (Fsp3) is 0.0909. The van der Waals surface area contributed by atoms with Gasteiger partial charge in [0.15, 0.2) is 0 Å². The monoisotopic (exact) mass is 226 g/mol. The zero-order chi connectivity index (χ0) is 9.97. The Morgan fingerprint density at radius 3 is 2.36 bits per heavy atom. The van der Waals surface area contributed by atoms with Gasteiger partial charge in [0, 0.05) is 9.75 Å². The number of hydrogen-bond acceptors (Lipinski definition) is 1. The van der Waals surface area contributed by atoms with Crippen molar-refractivity contribution in [3.63, 3.8) is 0 Å². The molecular weight excluding hydrogens is 219 g/mol. The van der Waals surface area contributed by atoms with E-state index in [1.165, 1.54) is 12.1 Å². The van der Waals surface area contributed by atoms with Crippen LogP contribution in [0, 0.1) is 5.82 Å². The van der Waals surface area contributed by atoms with Crippen LogP contribution in [-0.4, -0.2) is 0 Å². The van der Waals surface area contributed by atoms with Crippen molar-refractivity contribution < 1.29 is 4.39 Å². The Kier molecular flexibility index (Phi) is 2.85. The molecule has 0 unspecified atom stereocenters. The van der Waals surface area contributed by atoms with Gasteiger partial charge >= 0.3 is 0 Å². The molecule has 0 aliphatic carbocycles. The van der Waals surface area contributed by atoms with Gasteiger partial charge in [-0.1, -0.05) is 12.1 Å². The minimum absolute atomic E-state index is 0.206. The molecule has 2 rings (SSSR count). The Balaban J connectivity index is 2.34. The second kappa shape index (κ2) is 4.11. The molecule has 0 nitrogen and oxygen atoms in total. The molecule has 0 fully saturated rings. The minimum Gasteiger partial charge on any atom is -0.207 e. The molecule has 0 saturated carbocycles. The maximum absolute atomic E-state index is 12.7. The van der Waals surface area contributed by atoms with Gasteiger partial charge in [-0.25, -0.2) is 4.39 Å². The molecule has 0 saturated heterocycles. The van der Waals surface area contributed by atoms with E-state index in [9.17, 15) is 4.39 Å². The van der Waals surface area contributed by atoms with Crippen LogP contribution in [0.15, 0.2) is 36.4 Å². The quantitative estimate of drug-likeness (QED) is 0.670. The van der Waals surface area contributed by atoms with Gasteiger partial charge < -0.3 is 0 Å². The highest BCUT2D eigenvalue weighted by Gasteiger charge is 2.01. The summed E-state index contributed by atoms with van der Waals surface area (Å²) in [6.07, 6.45) is 0. The highest BCUT2D eigenvalue weighted by atomic mass is 35.5. The molecule has 1 aromatic carbocycles. The van der Waals surface area contributed by atoms with E-state index in [1.54, 1.807) is 23.5 Å². The molecule has 0 aliphatic rings. The Labute approximate surface area is 91.0 Å². The second-order valence-electron chi connectivity index (χ2n) is 2.91. The first-order chi connectivity index (χ1) is 6.79. The molecular formula is C11H8ClFS. The highest BCUT2D eigenvalue weighted by Crippen LogP contribution is 2.28. The van der Waals surface area contributed by atoms with E-state index in [4.69, 9.17) is 11.6 Å². The normalized spacial score (nSPS) is 10.4. The van der Waals surface area contributed by atoms with Crippen molar-refractivity contribution in [3.05, 3.63) is 47.1 Å². The average molecular weight is 227 g/mol. The highest BCUT2D eigenvalue weighted by molar-refractivity contribution is 7.15. The van der Waals surface area contributed by atoms with Crippen LogP contribution in [0.3, 0.4) is 0 Å². The molecule has 14 heavy (non-hydrogen) atoms. The average Bonchev–Trinajstić information content (AvgIpc) is 2.67. The zero-order valence-electron chi connectivity index (χ0n) is 7.34. The van der Waals surface area contributed by atoms with Gasteiger partial charge in [0.05, 0.1) is 5.88 Å². The van der Waals surface area contributed by atoms with Crippen LogP contribution in [-0.2, 0) is 5.88 Å². The number of thiophene rings is 1. The molecule has 2 aromatic rings. The van der Waals surface area contributed by atoms with Gasteiger partial charge in [0.1, 0.15) is 5.82 Å². The molecule has 0 bridgehead atoms. The molecule has 0 spiro atoms. The van der Waals surface area contributed by atoms with Crippen molar-refractivity contribution >= 4 is 22.9 Å². The van der Waals surface area contributed by atoms with E-state index in [2.05, 4.69) is 0 Å². The summed E-state index contributed by atoms with van der Waals surface area (Å²) in [5, 5.41) is 0. The standard InChI is InChI=1S/C11H8ClFS/c12-7-10-5-6-11(14-10)8-1-3-9(13)4-2-8/h1-6H,7H2.